The number of nitrogens with zero attached hydrogens (tertiary/aromatic N) is 3. The van der Waals surface area contributed by atoms with Gasteiger partial charge in [0.1, 0.15) is 5.60 Å². The number of benzene rings is 2. The number of hydrogen-bond acceptors (Lipinski definition) is 9. The molecule has 13 heteroatoms. The number of β-amino-alcohol motifs (C(OH)–C–C–N with tert-alkyl or cyclic N) is 1. The van der Waals surface area contributed by atoms with Gasteiger partial charge < -0.3 is 19.3 Å². The van der Waals surface area contributed by atoms with Gasteiger partial charge in [-0.25, -0.2) is 9.36 Å². The molecule has 3 heterocycles. The van der Waals surface area contributed by atoms with Crippen molar-refractivity contribution >= 4 is 44.6 Å². The van der Waals surface area contributed by atoms with Crippen molar-refractivity contribution in [3.8, 4) is 17.0 Å². The number of aromatic nitrogens is 1. The largest absolute Gasteiger partial charge is 0.443 e. The second-order valence-corrected chi connectivity index (χ2v) is 13.6. The summed E-state index contributed by atoms with van der Waals surface area (Å²) in [6, 6.07) is 8.99. The van der Waals surface area contributed by atoms with Crippen LogP contribution in [-0.2, 0) is 27.9 Å². The maximum atomic E-state index is 13.6. The number of fused-ring (bicyclic) bond motifs is 2. The number of carbonyl (C=O) groups excluding carboxylic acids is 2. The van der Waals surface area contributed by atoms with Crippen molar-refractivity contribution in [1.29, 1.82) is 0 Å². The Hall–Kier alpha value is -3.16. The lowest BCUT2D eigenvalue weighted by Crippen LogP contribution is -2.46. The van der Waals surface area contributed by atoms with Gasteiger partial charge in [-0.05, 0) is 50.6 Å². The second-order valence-electron chi connectivity index (χ2n) is 11.6. The SMILES string of the molecule is CC(C)(C)OC(=O)n1c(-c2cc(OS(C)(=O)=O)c(Cl)c3c2C(=O)NC3)cc2cc(CN3CCN(CCO)CC3)ccc21. The molecule has 5 rings (SSSR count). The summed E-state index contributed by atoms with van der Waals surface area (Å²) in [5.74, 6) is -0.527. The van der Waals surface area contributed by atoms with Gasteiger partial charge in [0.25, 0.3) is 5.91 Å². The highest BCUT2D eigenvalue weighted by molar-refractivity contribution is 7.86. The van der Waals surface area contributed by atoms with E-state index in [-0.39, 0.29) is 29.5 Å². The Balaban J connectivity index is 1.62. The summed E-state index contributed by atoms with van der Waals surface area (Å²) in [4.78, 5) is 31.2. The van der Waals surface area contributed by atoms with E-state index in [4.69, 9.17) is 20.5 Å². The molecule has 1 aromatic heterocycles. The third-order valence-electron chi connectivity index (χ3n) is 7.23. The van der Waals surface area contributed by atoms with Crippen molar-refractivity contribution in [2.75, 3.05) is 45.6 Å². The highest BCUT2D eigenvalue weighted by atomic mass is 35.5. The van der Waals surface area contributed by atoms with Crippen molar-refractivity contribution in [2.24, 2.45) is 0 Å². The van der Waals surface area contributed by atoms with Crippen LogP contribution in [0.25, 0.3) is 22.2 Å². The Bertz CT molecular complexity index is 1650. The Kier molecular flexibility index (Phi) is 8.29. The fourth-order valence-corrected chi connectivity index (χ4v) is 6.19. The summed E-state index contributed by atoms with van der Waals surface area (Å²) in [7, 11) is -3.94. The molecule has 0 bridgehead atoms. The maximum Gasteiger partial charge on any atom is 0.419 e. The first kappa shape index (κ1) is 30.3. The standard InChI is InChI=1S/C29H35ClN4O7S/c1-29(2,3)40-28(37)34-22-6-5-18(17-33-9-7-32(8-10-33)11-12-35)13-19(22)14-23(34)20-15-24(41-42(4,38)39)26(30)21-16-31-27(36)25(20)21/h5-6,13-15,35H,7-12,16-17H2,1-4H3,(H,31,36). The van der Waals surface area contributed by atoms with Gasteiger partial charge in [-0.3, -0.25) is 14.6 Å². The fraction of sp³-hybridized carbons (Fsp3) is 0.448. The zero-order chi connectivity index (χ0) is 30.4. The predicted molar refractivity (Wildman–Crippen MR) is 159 cm³/mol. The lowest BCUT2D eigenvalue weighted by Gasteiger charge is -2.34. The number of piperazine rings is 1. The highest BCUT2D eigenvalue weighted by Crippen LogP contribution is 2.42. The van der Waals surface area contributed by atoms with Crippen molar-refractivity contribution in [3.63, 3.8) is 0 Å². The Morgan fingerprint density at radius 3 is 2.43 bits per heavy atom. The summed E-state index contributed by atoms with van der Waals surface area (Å²) >= 11 is 6.49. The van der Waals surface area contributed by atoms with Gasteiger partial charge in [-0.2, -0.15) is 8.42 Å². The molecular weight excluding hydrogens is 584 g/mol. The Morgan fingerprint density at radius 1 is 1.10 bits per heavy atom. The van der Waals surface area contributed by atoms with E-state index in [2.05, 4.69) is 15.1 Å². The van der Waals surface area contributed by atoms with Crippen LogP contribution in [0.15, 0.2) is 30.3 Å². The third-order valence-corrected chi connectivity index (χ3v) is 8.12. The van der Waals surface area contributed by atoms with Gasteiger partial charge in [-0.15, -0.1) is 0 Å². The number of nitrogens with one attached hydrogen (secondary N) is 1. The van der Waals surface area contributed by atoms with E-state index in [0.29, 0.717) is 35.4 Å². The predicted octanol–water partition coefficient (Wildman–Crippen LogP) is 3.44. The summed E-state index contributed by atoms with van der Waals surface area (Å²) in [6.07, 6.45) is 0.263. The smallest absolute Gasteiger partial charge is 0.419 e. The van der Waals surface area contributed by atoms with Crippen LogP contribution in [0.3, 0.4) is 0 Å². The van der Waals surface area contributed by atoms with Gasteiger partial charge in [0.2, 0.25) is 0 Å². The van der Waals surface area contributed by atoms with Gasteiger partial charge >= 0.3 is 16.2 Å². The van der Waals surface area contributed by atoms with Gasteiger partial charge in [0, 0.05) is 62.3 Å². The number of carbonyl (C=O) groups is 2. The van der Waals surface area contributed by atoms with Crippen LogP contribution in [-0.4, -0.2) is 91.1 Å². The lowest BCUT2D eigenvalue weighted by atomic mass is 9.99. The van der Waals surface area contributed by atoms with Gasteiger partial charge in [0.15, 0.2) is 5.75 Å². The molecule has 0 unspecified atom stereocenters. The minimum absolute atomic E-state index is 0.0128. The van der Waals surface area contributed by atoms with Crippen molar-refractivity contribution in [1.82, 2.24) is 19.7 Å². The third kappa shape index (κ3) is 6.42. The van der Waals surface area contributed by atoms with Crippen molar-refractivity contribution in [3.05, 3.63) is 52.0 Å². The number of aliphatic hydroxyl groups excluding tert-OH is 1. The van der Waals surface area contributed by atoms with Crippen LogP contribution in [0.5, 0.6) is 5.75 Å². The number of amides is 1. The van der Waals surface area contributed by atoms with Gasteiger partial charge in [-0.1, -0.05) is 17.7 Å². The maximum absolute atomic E-state index is 13.6. The molecule has 11 nitrogen and oxygen atoms in total. The number of aliphatic hydroxyl groups is 1. The molecule has 0 spiro atoms. The molecule has 2 aliphatic heterocycles. The second kappa shape index (κ2) is 11.5. The molecule has 1 amide bonds. The number of halogens is 1. The molecular formula is C29H35ClN4O7S. The molecule has 0 aliphatic carbocycles. The van der Waals surface area contributed by atoms with Crippen LogP contribution in [0.4, 0.5) is 4.79 Å². The zero-order valence-electron chi connectivity index (χ0n) is 24.1. The highest BCUT2D eigenvalue weighted by Gasteiger charge is 2.32. The number of hydrogen-bond donors (Lipinski definition) is 2. The first-order valence-corrected chi connectivity index (χ1v) is 15.9. The molecule has 2 aliphatic rings. The first-order chi connectivity index (χ1) is 19.7. The average Bonchev–Trinajstić information content (AvgIpc) is 3.46. The molecule has 0 atom stereocenters. The lowest BCUT2D eigenvalue weighted by molar-refractivity contribution is 0.0546. The average molecular weight is 619 g/mol. The van der Waals surface area contributed by atoms with Crippen LogP contribution < -0.4 is 9.50 Å². The summed E-state index contributed by atoms with van der Waals surface area (Å²) < 4.78 is 36.4. The molecule has 0 radical (unpaired) electrons. The van der Waals surface area contributed by atoms with Crippen LogP contribution >= 0.6 is 11.6 Å². The van der Waals surface area contributed by atoms with E-state index >= 15 is 0 Å². The molecule has 42 heavy (non-hydrogen) atoms. The zero-order valence-corrected chi connectivity index (χ0v) is 25.6. The minimum Gasteiger partial charge on any atom is -0.443 e. The minimum atomic E-state index is -3.94. The monoisotopic (exact) mass is 618 g/mol. The van der Waals surface area contributed by atoms with Crippen LogP contribution in [0.1, 0.15) is 42.3 Å². The van der Waals surface area contributed by atoms with Crippen molar-refractivity contribution < 1.29 is 32.0 Å². The molecule has 1 saturated heterocycles. The topological polar surface area (TPSA) is 130 Å². The van der Waals surface area contributed by atoms with Crippen LogP contribution in [0, 0.1) is 0 Å². The summed E-state index contributed by atoms with van der Waals surface area (Å²) in [6.45, 7) is 10.4. The molecule has 1 fully saturated rings. The summed E-state index contributed by atoms with van der Waals surface area (Å²) in [5.41, 5.74) is 2.10. The van der Waals surface area contributed by atoms with Gasteiger partial charge in [0.05, 0.1) is 34.7 Å². The fourth-order valence-electron chi connectivity index (χ4n) is 5.43. The Labute approximate surface area is 250 Å². The number of rotatable bonds is 7. The van der Waals surface area contributed by atoms with E-state index in [1.54, 1.807) is 26.8 Å². The van der Waals surface area contributed by atoms with E-state index in [9.17, 15) is 23.1 Å². The first-order valence-electron chi connectivity index (χ1n) is 13.7. The van der Waals surface area contributed by atoms with E-state index in [0.717, 1.165) is 43.4 Å². The molecule has 0 saturated carbocycles. The normalized spacial score (nSPS) is 16.5. The summed E-state index contributed by atoms with van der Waals surface area (Å²) in [5, 5.41) is 12.7. The quantitative estimate of drug-likeness (QED) is 0.382. The Morgan fingerprint density at radius 2 is 1.79 bits per heavy atom. The number of ether oxygens (including phenoxy) is 1. The van der Waals surface area contributed by atoms with E-state index in [1.165, 1.54) is 10.6 Å². The molecule has 2 aromatic carbocycles. The van der Waals surface area contributed by atoms with Crippen molar-refractivity contribution in [2.45, 2.75) is 39.5 Å². The van der Waals surface area contributed by atoms with E-state index < -0.39 is 27.7 Å². The molecule has 226 valence electrons. The molecule has 2 N–H and O–H groups in total. The van der Waals surface area contributed by atoms with E-state index in [1.807, 2.05) is 18.2 Å². The van der Waals surface area contributed by atoms with Crippen LogP contribution in [0.2, 0.25) is 5.02 Å². The molecule has 3 aromatic rings.